The molecule has 2 aromatic rings. The number of likely N-dealkylation sites (N-methyl/N-ethyl adjacent to an activating group) is 1. The van der Waals surface area contributed by atoms with E-state index >= 15 is 0 Å². The predicted molar refractivity (Wildman–Crippen MR) is 128 cm³/mol. The fourth-order valence-corrected chi connectivity index (χ4v) is 3.59. The number of amides is 2. The molecule has 1 heterocycles. The second-order valence-electron chi connectivity index (χ2n) is 9.28. The SMILES string of the molecule is CC1=C(C(=O)OCC(C)(C)N(C)C)C(c2ccc(C#N)cc2)NC(=O)N1c1cccc(C(F)(F)F)c1. The number of hydrogen-bond acceptors (Lipinski definition) is 5. The Morgan fingerprint density at radius 2 is 1.81 bits per heavy atom. The summed E-state index contributed by atoms with van der Waals surface area (Å²) < 4.78 is 45.6. The first kappa shape index (κ1) is 26.8. The Hall–Kier alpha value is -3.84. The van der Waals surface area contributed by atoms with Gasteiger partial charge in [0.2, 0.25) is 0 Å². The van der Waals surface area contributed by atoms with Crippen molar-refractivity contribution < 1.29 is 27.5 Å². The van der Waals surface area contributed by atoms with Crippen LogP contribution < -0.4 is 10.2 Å². The summed E-state index contributed by atoms with van der Waals surface area (Å²) >= 11 is 0. The van der Waals surface area contributed by atoms with E-state index in [9.17, 15) is 22.8 Å². The van der Waals surface area contributed by atoms with E-state index in [-0.39, 0.29) is 23.6 Å². The molecule has 7 nitrogen and oxygen atoms in total. The third-order valence-electron chi connectivity index (χ3n) is 6.28. The van der Waals surface area contributed by atoms with Gasteiger partial charge in [-0.2, -0.15) is 18.4 Å². The molecule has 0 aliphatic carbocycles. The number of halogens is 3. The maximum absolute atomic E-state index is 13.4. The standard InChI is InChI=1S/C26H27F3N4O3/c1-16-21(23(34)36-15-25(2,3)32(4)5)22(18-11-9-17(14-30)10-12-18)31-24(35)33(16)20-8-6-7-19(13-20)26(27,28)29/h6-13,22H,15H2,1-5H3,(H,31,35). The average Bonchev–Trinajstić information content (AvgIpc) is 2.82. The Morgan fingerprint density at radius 1 is 1.17 bits per heavy atom. The molecule has 1 aliphatic rings. The highest BCUT2D eigenvalue weighted by atomic mass is 19.4. The first-order valence-electron chi connectivity index (χ1n) is 11.1. The van der Waals surface area contributed by atoms with Crippen molar-refractivity contribution in [1.29, 1.82) is 5.26 Å². The van der Waals surface area contributed by atoms with Crippen LogP contribution >= 0.6 is 0 Å². The van der Waals surface area contributed by atoms with Gasteiger partial charge in [0.1, 0.15) is 6.61 Å². The maximum Gasteiger partial charge on any atom is 0.416 e. The van der Waals surface area contributed by atoms with Gasteiger partial charge < -0.3 is 15.0 Å². The molecule has 1 N–H and O–H groups in total. The van der Waals surface area contributed by atoms with Gasteiger partial charge in [0.25, 0.3) is 0 Å². The molecule has 0 fully saturated rings. The molecule has 0 saturated carbocycles. The minimum absolute atomic E-state index is 0.0349. The topological polar surface area (TPSA) is 85.7 Å². The molecule has 190 valence electrons. The van der Waals surface area contributed by atoms with Crippen LogP contribution in [-0.4, -0.2) is 43.1 Å². The molecule has 2 aromatic carbocycles. The number of ether oxygens (including phenoxy) is 1. The molecule has 3 rings (SSSR count). The van der Waals surface area contributed by atoms with Crippen molar-refractivity contribution in [3.63, 3.8) is 0 Å². The number of alkyl halides is 3. The number of urea groups is 1. The number of nitrogens with zero attached hydrogens (tertiary/aromatic N) is 3. The molecular formula is C26H27F3N4O3. The summed E-state index contributed by atoms with van der Waals surface area (Å²) in [5, 5.41) is 11.8. The number of esters is 1. The molecule has 0 saturated heterocycles. The van der Waals surface area contributed by atoms with Crippen LogP contribution in [0.4, 0.5) is 23.7 Å². The molecule has 0 aromatic heterocycles. The summed E-state index contributed by atoms with van der Waals surface area (Å²) in [6.45, 7) is 5.30. The van der Waals surface area contributed by atoms with Gasteiger partial charge in [0.05, 0.1) is 34.5 Å². The van der Waals surface area contributed by atoms with Crippen molar-refractivity contribution in [3.05, 3.63) is 76.5 Å². The Labute approximate surface area is 207 Å². The largest absolute Gasteiger partial charge is 0.460 e. The van der Waals surface area contributed by atoms with Gasteiger partial charge in [-0.1, -0.05) is 18.2 Å². The molecule has 1 atom stereocenters. The van der Waals surface area contributed by atoms with E-state index in [1.54, 1.807) is 24.3 Å². The second-order valence-corrected chi connectivity index (χ2v) is 9.28. The molecule has 0 bridgehead atoms. The van der Waals surface area contributed by atoms with Crippen LogP contribution in [0.1, 0.15) is 43.5 Å². The highest BCUT2D eigenvalue weighted by Gasteiger charge is 2.39. The Bertz CT molecular complexity index is 1230. The van der Waals surface area contributed by atoms with Crippen molar-refractivity contribution in [3.8, 4) is 6.07 Å². The Morgan fingerprint density at radius 3 is 2.36 bits per heavy atom. The number of nitriles is 1. The zero-order valence-electron chi connectivity index (χ0n) is 20.6. The molecule has 0 radical (unpaired) electrons. The van der Waals surface area contributed by atoms with Crippen LogP contribution in [0.25, 0.3) is 0 Å². The Kier molecular flexibility index (Phi) is 7.46. The molecular weight excluding hydrogens is 473 g/mol. The number of rotatable bonds is 6. The van der Waals surface area contributed by atoms with Crippen molar-refractivity contribution in [2.45, 2.75) is 38.5 Å². The summed E-state index contributed by atoms with van der Waals surface area (Å²) in [5.41, 5.74) is -0.337. The first-order valence-corrected chi connectivity index (χ1v) is 11.1. The van der Waals surface area contributed by atoms with Gasteiger partial charge in [-0.25, -0.2) is 9.59 Å². The molecule has 36 heavy (non-hydrogen) atoms. The molecule has 0 spiro atoms. The number of carbonyl (C=O) groups is 2. The fourth-order valence-electron chi connectivity index (χ4n) is 3.59. The van der Waals surface area contributed by atoms with Crippen molar-refractivity contribution in [2.75, 3.05) is 25.6 Å². The summed E-state index contributed by atoms with van der Waals surface area (Å²) in [6, 6.07) is 11.0. The Balaban J connectivity index is 2.10. The average molecular weight is 501 g/mol. The third-order valence-corrected chi connectivity index (χ3v) is 6.28. The van der Waals surface area contributed by atoms with Gasteiger partial charge in [-0.3, -0.25) is 4.90 Å². The van der Waals surface area contributed by atoms with Gasteiger partial charge in [-0.05, 0) is 70.8 Å². The van der Waals surface area contributed by atoms with Crippen LogP contribution in [0.2, 0.25) is 0 Å². The molecule has 1 unspecified atom stereocenters. The van der Waals surface area contributed by atoms with E-state index in [2.05, 4.69) is 5.32 Å². The van der Waals surface area contributed by atoms with Crippen LogP contribution in [0.15, 0.2) is 59.8 Å². The van der Waals surface area contributed by atoms with Gasteiger partial charge in [0.15, 0.2) is 0 Å². The fraction of sp³-hybridized carbons (Fsp3) is 0.346. The van der Waals surface area contributed by atoms with E-state index in [0.29, 0.717) is 11.1 Å². The maximum atomic E-state index is 13.4. The minimum Gasteiger partial charge on any atom is -0.460 e. The minimum atomic E-state index is -4.61. The van der Waals surface area contributed by atoms with Crippen LogP contribution in [0.5, 0.6) is 0 Å². The summed E-state index contributed by atoms with van der Waals surface area (Å²) in [7, 11) is 3.68. The van der Waals surface area contributed by atoms with Crippen molar-refractivity contribution in [2.24, 2.45) is 0 Å². The van der Waals surface area contributed by atoms with Crippen molar-refractivity contribution >= 4 is 17.7 Å². The monoisotopic (exact) mass is 500 g/mol. The van der Waals surface area contributed by atoms with E-state index in [1.807, 2.05) is 38.9 Å². The van der Waals surface area contributed by atoms with E-state index in [1.165, 1.54) is 19.1 Å². The summed E-state index contributed by atoms with van der Waals surface area (Å²) in [6.07, 6.45) is -4.61. The van der Waals surface area contributed by atoms with Crippen LogP contribution in [-0.2, 0) is 15.7 Å². The van der Waals surface area contributed by atoms with Crippen molar-refractivity contribution in [1.82, 2.24) is 10.2 Å². The van der Waals surface area contributed by atoms with E-state index in [0.717, 1.165) is 17.0 Å². The highest BCUT2D eigenvalue weighted by molar-refractivity contribution is 6.03. The highest BCUT2D eigenvalue weighted by Crippen LogP contribution is 2.37. The lowest BCUT2D eigenvalue weighted by atomic mass is 9.94. The van der Waals surface area contributed by atoms with Gasteiger partial charge in [0, 0.05) is 11.2 Å². The number of anilines is 1. The van der Waals surface area contributed by atoms with E-state index < -0.39 is 35.3 Å². The number of carbonyl (C=O) groups excluding carboxylic acids is 2. The number of hydrogen-bond donors (Lipinski definition) is 1. The third kappa shape index (κ3) is 5.52. The lowest BCUT2D eigenvalue weighted by molar-refractivity contribution is -0.143. The normalized spacial score (nSPS) is 16.6. The summed E-state index contributed by atoms with van der Waals surface area (Å²) in [5.74, 6) is -0.714. The zero-order valence-corrected chi connectivity index (χ0v) is 20.6. The van der Waals surface area contributed by atoms with Crippen LogP contribution in [0.3, 0.4) is 0 Å². The molecule has 10 heteroatoms. The lowest BCUT2D eigenvalue weighted by Gasteiger charge is -2.36. The van der Waals surface area contributed by atoms with E-state index in [4.69, 9.17) is 10.00 Å². The predicted octanol–water partition coefficient (Wildman–Crippen LogP) is 5.01. The number of benzene rings is 2. The number of nitrogens with one attached hydrogen (secondary N) is 1. The zero-order chi connectivity index (χ0) is 26.8. The first-order chi connectivity index (χ1) is 16.8. The van der Waals surface area contributed by atoms with Gasteiger partial charge >= 0.3 is 18.2 Å². The van der Waals surface area contributed by atoms with Crippen LogP contribution in [0, 0.1) is 11.3 Å². The summed E-state index contributed by atoms with van der Waals surface area (Å²) in [4.78, 5) is 29.4. The lowest BCUT2D eigenvalue weighted by Crippen LogP contribution is -2.49. The molecule has 2 amide bonds. The number of allylic oxidation sites excluding steroid dienone is 1. The second kappa shape index (κ2) is 10.0. The molecule has 1 aliphatic heterocycles. The van der Waals surface area contributed by atoms with Gasteiger partial charge in [-0.15, -0.1) is 0 Å². The quantitative estimate of drug-likeness (QED) is 0.564. The smallest absolute Gasteiger partial charge is 0.416 e.